The molecule has 0 aliphatic carbocycles. The molecule has 6 heteroatoms. The van der Waals surface area contributed by atoms with E-state index in [0.717, 1.165) is 5.56 Å². The molecule has 110 valence electrons. The Labute approximate surface area is 128 Å². The van der Waals surface area contributed by atoms with Gasteiger partial charge in [-0.3, -0.25) is 9.78 Å². The summed E-state index contributed by atoms with van der Waals surface area (Å²) in [5, 5.41) is 6.36. The number of methoxy groups -OCH3 is 1. The van der Waals surface area contributed by atoms with Crippen molar-refractivity contribution in [1.29, 1.82) is 0 Å². The van der Waals surface area contributed by atoms with E-state index in [-0.39, 0.29) is 5.91 Å². The maximum Gasteiger partial charge on any atom is 0.259 e. The second-order valence-electron chi connectivity index (χ2n) is 4.43. The van der Waals surface area contributed by atoms with E-state index in [4.69, 9.17) is 16.3 Å². The van der Waals surface area contributed by atoms with E-state index in [2.05, 4.69) is 15.6 Å². The lowest BCUT2D eigenvalue weighted by molar-refractivity contribution is 0.102. The van der Waals surface area contributed by atoms with Crippen molar-refractivity contribution in [3.8, 4) is 5.75 Å². The van der Waals surface area contributed by atoms with Crippen molar-refractivity contribution < 1.29 is 9.53 Å². The Morgan fingerprint density at radius 2 is 2.10 bits per heavy atom. The molecular weight excluding hydrogens is 290 g/mol. The molecule has 5 nitrogen and oxygen atoms in total. The topological polar surface area (TPSA) is 63.2 Å². The van der Waals surface area contributed by atoms with E-state index >= 15 is 0 Å². The third kappa shape index (κ3) is 3.25. The first-order valence-electron chi connectivity index (χ1n) is 6.34. The number of aryl methyl sites for hydroxylation is 1. The fraction of sp³-hybridized carbons (Fsp3) is 0.200. The van der Waals surface area contributed by atoms with Crippen LogP contribution in [0.25, 0.3) is 0 Å². The summed E-state index contributed by atoms with van der Waals surface area (Å²) in [6, 6.07) is 5.18. The van der Waals surface area contributed by atoms with Crippen molar-refractivity contribution in [3.63, 3.8) is 0 Å². The van der Waals surface area contributed by atoms with Crippen molar-refractivity contribution in [2.24, 2.45) is 0 Å². The lowest BCUT2D eigenvalue weighted by Gasteiger charge is -2.13. The van der Waals surface area contributed by atoms with Gasteiger partial charge in [-0.05, 0) is 24.6 Å². The van der Waals surface area contributed by atoms with E-state index in [0.29, 0.717) is 27.7 Å². The quantitative estimate of drug-likeness (QED) is 0.909. The maximum absolute atomic E-state index is 12.4. The number of hydrogen-bond acceptors (Lipinski definition) is 4. The summed E-state index contributed by atoms with van der Waals surface area (Å²) in [7, 11) is 3.28. The average Bonchev–Trinajstić information content (AvgIpc) is 2.50. The predicted molar refractivity (Wildman–Crippen MR) is 84.5 cm³/mol. The first-order chi connectivity index (χ1) is 10.1. The molecule has 0 aliphatic rings. The SMILES string of the molecule is CNc1ccncc1C(=O)Nc1cc(C)c(Cl)cc1OC. The zero-order valence-electron chi connectivity index (χ0n) is 12.0. The van der Waals surface area contributed by atoms with Crippen LogP contribution in [0.15, 0.2) is 30.6 Å². The van der Waals surface area contributed by atoms with Gasteiger partial charge in [-0.1, -0.05) is 11.6 Å². The highest BCUT2D eigenvalue weighted by atomic mass is 35.5. The smallest absolute Gasteiger partial charge is 0.259 e. The lowest BCUT2D eigenvalue weighted by atomic mass is 10.1. The molecular formula is C15H16ClN3O2. The van der Waals surface area contributed by atoms with Gasteiger partial charge in [0.25, 0.3) is 5.91 Å². The number of ether oxygens (including phenoxy) is 1. The number of benzene rings is 1. The van der Waals surface area contributed by atoms with Crippen LogP contribution < -0.4 is 15.4 Å². The molecule has 2 rings (SSSR count). The van der Waals surface area contributed by atoms with Gasteiger partial charge in [0.15, 0.2) is 0 Å². The zero-order valence-corrected chi connectivity index (χ0v) is 12.8. The van der Waals surface area contributed by atoms with Crippen molar-refractivity contribution in [1.82, 2.24) is 4.98 Å². The first kappa shape index (κ1) is 15.1. The molecule has 21 heavy (non-hydrogen) atoms. The number of anilines is 2. The Hall–Kier alpha value is -2.27. The molecule has 0 bridgehead atoms. The monoisotopic (exact) mass is 305 g/mol. The molecule has 0 saturated heterocycles. The molecule has 0 saturated carbocycles. The fourth-order valence-corrected chi connectivity index (χ4v) is 2.07. The molecule has 0 atom stereocenters. The van der Waals surface area contributed by atoms with Crippen molar-refractivity contribution >= 4 is 28.9 Å². The summed E-state index contributed by atoms with van der Waals surface area (Å²) >= 11 is 6.05. The number of amides is 1. The van der Waals surface area contributed by atoms with Gasteiger partial charge in [0.1, 0.15) is 5.75 Å². The van der Waals surface area contributed by atoms with Crippen LogP contribution >= 0.6 is 11.6 Å². The largest absolute Gasteiger partial charge is 0.495 e. The number of hydrogen-bond donors (Lipinski definition) is 2. The third-order valence-corrected chi connectivity index (χ3v) is 3.47. The highest BCUT2D eigenvalue weighted by Crippen LogP contribution is 2.31. The number of carbonyl (C=O) groups excluding carboxylic acids is 1. The number of pyridine rings is 1. The normalized spacial score (nSPS) is 10.1. The van der Waals surface area contributed by atoms with Gasteiger partial charge in [-0.2, -0.15) is 0 Å². The zero-order chi connectivity index (χ0) is 15.4. The molecule has 1 amide bonds. The third-order valence-electron chi connectivity index (χ3n) is 3.06. The van der Waals surface area contributed by atoms with Gasteiger partial charge >= 0.3 is 0 Å². The van der Waals surface area contributed by atoms with Gasteiger partial charge in [0.2, 0.25) is 0 Å². The second-order valence-corrected chi connectivity index (χ2v) is 4.83. The fourth-order valence-electron chi connectivity index (χ4n) is 1.91. The molecule has 1 heterocycles. The minimum absolute atomic E-state index is 0.271. The van der Waals surface area contributed by atoms with Crippen molar-refractivity contribution in [2.75, 3.05) is 24.8 Å². The van der Waals surface area contributed by atoms with Gasteiger partial charge in [-0.15, -0.1) is 0 Å². The number of aromatic nitrogens is 1. The van der Waals surface area contributed by atoms with E-state index in [1.54, 1.807) is 31.4 Å². The Morgan fingerprint density at radius 1 is 1.33 bits per heavy atom. The number of rotatable bonds is 4. The highest BCUT2D eigenvalue weighted by molar-refractivity contribution is 6.31. The van der Waals surface area contributed by atoms with Crippen LogP contribution in [0.3, 0.4) is 0 Å². The minimum atomic E-state index is -0.271. The van der Waals surface area contributed by atoms with Crippen LogP contribution in [0.5, 0.6) is 5.75 Å². The second kappa shape index (κ2) is 6.45. The summed E-state index contributed by atoms with van der Waals surface area (Å²) < 4.78 is 5.24. The van der Waals surface area contributed by atoms with Gasteiger partial charge in [0.05, 0.1) is 18.4 Å². The van der Waals surface area contributed by atoms with E-state index in [9.17, 15) is 4.79 Å². The molecule has 2 N–H and O–H groups in total. The molecule has 1 aromatic carbocycles. The number of nitrogens with one attached hydrogen (secondary N) is 2. The molecule has 0 spiro atoms. The molecule has 0 unspecified atom stereocenters. The summed E-state index contributed by atoms with van der Waals surface area (Å²) in [5.74, 6) is 0.237. The molecule has 0 aliphatic heterocycles. The highest BCUT2D eigenvalue weighted by Gasteiger charge is 2.14. The number of nitrogens with zero attached hydrogens (tertiary/aromatic N) is 1. The Morgan fingerprint density at radius 3 is 2.76 bits per heavy atom. The summed E-state index contributed by atoms with van der Waals surface area (Å²) in [6.07, 6.45) is 3.13. The standard InChI is InChI=1S/C15H16ClN3O2/c1-9-6-13(14(21-3)7-11(9)16)19-15(20)10-8-18-5-4-12(10)17-2/h4-8H,1-3H3,(H,17,18)(H,19,20). The van der Waals surface area contributed by atoms with Crippen LogP contribution in [-0.4, -0.2) is 25.0 Å². The lowest BCUT2D eigenvalue weighted by Crippen LogP contribution is -2.15. The summed E-state index contributed by atoms with van der Waals surface area (Å²) in [5.41, 5.74) is 2.57. The first-order valence-corrected chi connectivity index (χ1v) is 6.72. The van der Waals surface area contributed by atoms with Crippen LogP contribution in [0.4, 0.5) is 11.4 Å². The van der Waals surface area contributed by atoms with Crippen LogP contribution in [0, 0.1) is 6.92 Å². The maximum atomic E-state index is 12.4. The van der Waals surface area contributed by atoms with Crippen molar-refractivity contribution in [3.05, 3.63) is 46.7 Å². The van der Waals surface area contributed by atoms with Gasteiger partial charge in [0, 0.05) is 36.2 Å². The van der Waals surface area contributed by atoms with Crippen LogP contribution in [0.2, 0.25) is 5.02 Å². The van der Waals surface area contributed by atoms with E-state index in [1.807, 2.05) is 6.92 Å². The molecule has 1 aromatic heterocycles. The van der Waals surface area contributed by atoms with E-state index in [1.165, 1.54) is 13.3 Å². The minimum Gasteiger partial charge on any atom is -0.495 e. The Bertz CT molecular complexity index is 674. The average molecular weight is 306 g/mol. The van der Waals surface area contributed by atoms with Crippen molar-refractivity contribution in [2.45, 2.75) is 6.92 Å². The van der Waals surface area contributed by atoms with Crippen LogP contribution in [-0.2, 0) is 0 Å². The predicted octanol–water partition coefficient (Wildman–Crippen LogP) is 3.35. The Balaban J connectivity index is 2.33. The Kier molecular flexibility index (Phi) is 4.65. The molecule has 2 aromatic rings. The van der Waals surface area contributed by atoms with E-state index < -0.39 is 0 Å². The molecule has 0 fully saturated rings. The van der Waals surface area contributed by atoms with Gasteiger partial charge in [-0.25, -0.2) is 0 Å². The summed E-state index contributed by atoms with van der Waals surface area (Å²) in [4.78, 5) is 16.4. The summed E-state index contributed by atoms with van der Waals surface area (Å²) in [6.45, 7) is 1.86. The number of halogens is 1. The van der Waals surface area contributed by atoms with Gasteiger partial charge < -0.3 is 15.4 Å². The van der Waals surface area contributed by atoms with Crippen LogP contribution in [0.1, 0.15) is 15.9 Å². The number of carbonyl (C=O) groups is 1. The molecule has 0 radical (unpaired) electrons.